The number of thiocarbonyl (C=S) groups is 1. The van der Waals surface area contributed by atoms with Crippen LogP contribution < -0.4 is 5.32 Å². The molecule has 118 valence electrons. The van der Waals surface area contributed by atoms with Crippen LogP contribution in [0.15, 0.2) is 29.6 Å². The van der Waals surface area contributed by atoms with Crippen molar-refractivity contribution >= 4 is 40.4 Å². The molecule has 5 rings (SSSR count). The number of hydrogen-bond donors (Lipinski definition) is 1. The summed E-state index contributed by atoms with van der Waals surface area (Å²) in [5.74, 6) is -0.000407. The highest BCUT2D eigenvalue weighted by Gasteiger charge is 2.45. The molecule has 0 aliphatic carbocycles. The Bertz CT molecular complexity index is 760. The van der Waals surface area contributed by atoms with Gasteiger partial charge in [0.2, 0.25) is 0 Å². The molecule has 1 fully saturated rings. The summed E-state index contributed by atoms with van der Waals surface area (Å²) in [4.78, 5) is 3.00. The summed E-state index contributed by atoms with van der Waals surface area (Å²) < 4.78 is 0. The van der Waals surface area contributed by atoms with E-state index in [1.54, 1.807) is 6.07 Å². The third-order valence-electron chi connectivity index (χ3n) is 5.12. The highest BCUT2D eigenvalue weighted by Crippen LogP contribution is 2.48. The van der Waals surface area contributed by atoms with E-state index in [1.807, 2.05) is 12.1 Å². The van der Waals surface area contributed by atoms with Crippen molar-refractivity contribution < 1.29 is 0 Å². The number of halogens is 2. The summed E-state index contributed by atoms with van der Waals surface area (Å²) in [6.45, 7) is 2.08. The van der Waals surface area contributed by atoms with E-state index in [0.29, 0.717) is 21.0 Å². The predicted octanol–water partition coefficient (Wildman–Crippen LogP) is 4.08. The van der Waals surface area contributed by atoms with E-state index in [-0.39, 0.29) is 5.92 Å². The minimum absolute atomic E-state index is 0.114. The number of rotatable bonds is 1. The van der Waals surface area contributed by atoms with Crippen molar-refractivity contribution in [3.63, 3.8) is 0 Å². The normalized spacial score (nSPS) is 26.8. The molecule has 0 aromatic heterocycles. The van der Waals surface area contributed by atoms with Gasteiger partial charge in [-0.25, -0.2) is 0 Å². The number of benzene rings is 1. The van der Waals surface area contributed by atoms with Gasteiger partial charge in [-0.3, -0.25) is 0 Å². The van der Waals surface area contributed by atoms with Gasteiger partial charge in [0.25, 0.3) is 0 Å². The summed E-state index contributed by atoms with van der Waals surface area (Å²) in [5, 5.41) is 14.3. The Morgan fingerprint density at radius 3 is 2.65 bits per heavy atom. The predicted molar refractivity (Wildman–Crippen MR) is 95.4 cm³/mol. The second-order valence-electron chi connectivity index (χ2n) is 6.30. The minimum Gasteiger partial charge on any atom is -0.373 e. The molecular weight excluding hydrogens is 349 g/mol. The van der Waals surface area contributed by atoms with Crippen LogP contribution in [0.3, 0.4) is 0 Å². The van der Waals surface area contributed by atoms with Gasteiger partial charge in [-0.05, 0) is 30.5 Å². The fraction of sp³-hybridized carbons (Fsp3) is 0.412. The monoisotopic (exact) mass is 363 g/mol. The average molecular weight is 364 g/mol. The second kappa shape index (κ2) is 5.66. The standard InChI is InChI=1S/C17H15Cl2N3S/c18-10-1-2-11(13(19)7-10)14-12(8-20)17(23)21-15-9-3-5-22(6-4-9)16(14)15/h1-2,7,9,12,14H,3-6H2,(H,21,23)/t12-,14+/m0/s1. The molecule has 4 aliphatic heterocycles. The van der Waals surface area contributed by atoms with E-state index in [9.17, 15) is 5.26 Å². The first kappa shape index (κ1) is 15.3. The van der Waals surface area contributed by atoms with Gasteiger partial charge in [0, 0.05) is 46.4 Å². The van der Waals surface area contributed by atoms with Crippen LogP contribution in [0.4, 0.5) is 0 Å². The number of fused-ring (bicyclic) bond motifs is 2. The molecule has 1 aromatic carbocycles. The molecule has 6 heteroatoms. The van der Waals surface area contributed by atoms with Crippen LogP contribution in [0.1, 0.15) is 24.3 Å². The van der Waals surface area contributed by atoms with Crippen LogP contribution in [0, 0.1) is 23.2 Å². The molecule has 2 bridgehead atoms. The van der Waals surface area contributed by atoms with E-state index >= 15 is 0 Å². The van der Waals surface area contributed by atoms with Crippen LogP contribution in [0.5, 0.6) is 0 Å². The van der Waals surface area contributed by atoms with Crippen LogP contribution in [0.2, 0.25) is 10.0 Å². The SMILES string of the molecule is N#C[C@@H]1C(=S)NC2=C([C@@H]1c1ccc(Cl)cc1Cl)N1CCC2CC1. The van der Waals surface area contributed by atoms with Crippen molar-refractivity contribution in [2.45, 2.75) is 18.8 Å². The quantitative estimate of drug-likeness (QED) is 0.762. The highest BCUT2D eigenvalue weighted by atomic mass is 35.5. The summed E-state index contributed by atoms with van der Waals surface area (Å²) in [7, 11) is 0. The van der Waals surface area contributed by atoms with Crippen LogP contribution in [0.25, 0.3) is 0 Å². The Morgan fingerprint density at radius 2 is 2.00 bits per heavy atom. The lowest BCUT2D eigenvalue weighted by molar-refractivity contribution is 0.181. The molecule has 0 radical (unpaired) electrons. The highest BCUT2D eigenvalue weighted by molar-refractivity contribution is 7.80. The largest absolute Gasteiger partial charge is 0.373 e. The minimum atomic E-state index is -0.401. The van der Waals surface area contributed by atoms with Gasteiger partial charge in [0.1, 0.15) is 5.92 Å². The van der Waals surface area contributed by atoms with E-state index in [0.717, 1.165) is 31.5 Å². The Balaban J connectivity index is 1.91. The Morgan fingerprint density at radius 1 is 1.26 bits per heavy atom. The molecule has 0 saturated carbocycles. The fourth-order valence-corrected chi connectivity index (χ4v) is 4.88. The Hall–Kier alpha value is -1.28. The lowest BCUT2D eigenvalue weighted by Crippen LogP contribution is -2.52. The smallest absolute Gasteiger partial charge is 0.109 e. The lowest BCUT2D eigenvalue weighted by Gasteiger charge is -2.50. The third-order valence-corrected chi connectivity index (χ3v) is 6.04. The molecule has 1 N–H and O–H groups in total. The van der Waals surface area contributed by atoms with Crippen LogP contribution >= 0.6 is 35.4 Å². The van der Waals surface area contributed by atoms with Crippen molar-refractivity contribution in [1.82, 2.24) is 10.2 Å². The second-order valence-corrected chi connectivity index (χ2v) is 7.58. The molecule has 1 saturated heterocycles. The van der Waals surface area contributed by atoms with E-state index in [1.165, 1.54) is 11.4 Å². The zero-order valence-corrected chi connectivity index (χ0v) is 14.7. The molecule has 2 atom stereocenters. The zero-order valence-electron chi connectivity index (χ0n) is 12.4. The maximum Gasteiger partial charge on any atom is 0.109 e. The van der Waals surface area contributed by atoms with Gasteiger partial charge in [0.15, 0.2) is 0 Å². The van der Waals surface area contributed by atoms with E-state index in [4.69, 9.17) is 35.4 Å². The average Bonchev–Trinajstić information content (AvgIpc) is 2.55. The number of piperidine rings is 1. The number of nitrogens with zero attached hydrogens (tertiary/aromatic N) is 2. The third kappa shape index (κ3) is 2.34. The molecule has 0 unspecified atom stereocenters. The molecule has 0 spiro atoms. The van der Waals surface area contributed by atoms with Crippen LogP contribution in [-0.4, -0.2) is 23.0 Å². The summed E-state index contributed by atoms with van der Waals surface area (Å²) >= 11 is 18.0. The van der Waals surface area contributed by atoms with Crippen molar-refractivity contribution in [2.75, 3.05) is 13.1 Å². The van der Waals surface area contributed by atoms with Crippen molar-refractivity contribution in [3.8, 4) is 6.07 Å². The molecular formula is C17H15Cl2N3S. The van der Waals surface area contributed by atoms with Crippen molar-refractivity contribution in [1.29, 1.82) is 5.26 Å². The first-order chi connectivity index (χ1) is 11.1. The van der Waals surface area contributed by atoms with Gasteiger partial charge in [-0.1, -0.05) is 41.5 Å². The van der Waals surface area contributed by atoms with E-state index < -0.39 is 5.92 Å². The molecule has 0 amide bonds. The summed E-state index contributed by atoms with van der Waals surface area (Å²) in [6, 6.07) is 7.89. The summed E-state index contributed by atoms with van der Waals surface area (Å²) in [6.07, 6.45) is 2.29. The number of nitriles is 1. The molecule has 3 nitrogen and oxygen atoms in total. The first-order valence-electron chi connectivity index (χ1n) is 7.74. The number of allylic oxidation sites excluding steroid dienone is 2. The van der Waals surface area contributed by atoms with Gasteiger partial charge >= 0.3 is 0 Å². The maximum absolute atomic E-state index is 9.71. The van der Waals surface area contributed by atoms with Crippen molar-refractivity contribution in [2.24, 2.45) is 11.8 Å². The molecule has 1 aromatic rings. The number of hydrogen-bond acceptors (Lipinski definition) is 3. The van der Waals surface area contributed by atoms with Gasteiger partial charge in [-0.2, -0.15) is 5.26 Å². The zero-order chi connectivity index (χ0) is 16.1. The topological polar surface area (TPSA) is 39.1 Å². The molecule has 4 aliphatic rings. The fourth-order valence-electron chi connectivity index (χ4n) is 4.05. The first-order valence-corrected chi connectivity index (χ1v) is 8.91. The van der Waals surface area contributed by atoms with Crippen molar-refractivity contribution in [3.05, 3.63) is 45.2 Å². The maximum atomic E-state index is 9.71. The number of nitrogens with one attached hydrogen (secondary N) is 1. The van der Waals surface area contributed by atoms with Crippen LogP contribution in [-0.2, 0) is 0 Å². The molecule has 4 heterocycles. The lowest BCUT2D eigenvalue weighted by atomic mass is 9.74. The van der Waals surface area contributed by atoms with Gasteiger partial charge in [-0.15, -0.1) is 0 Å². The molecule has 23 heavy (non-hydrogen) atoms. The van der Waals surface area contributed by atoms with Gasteiger partial charge < -0.3 is 10.2 Å². The Kier molecular flexibility index (Phi) is 3.76. The Labute approximate surface area is 150 Å². The summed E-state index contributed by atoms with van der Waals surface area (Å²) in [5.41, 5.74) is 3.35. The van der Waals surface area contributed by atoms with E-state index in [2.05, 4.69) is 16.3 Å². The van der Waals surface area contributed by atoms with Gasteiger partial charge in [0.05, 0.1) is 11.1 Å².